The number of nitriles is 1. The van der Waals surface area contributed by atoms with Crippen LogP contribution in [0.1, 0.15) is 41.8 Å². The SMILES string of the molecule is CC(C)n1ccnc1CNC(=O)c1cc(C#N)c[nH]1. The lowest BCUT2D eigenvalue weighted by Gasteiger charge is -2.11. The van der Waals surface area contributed by atoms with Gasteiger partial charge in [0, 0.05) is 24.6 Å². The van der Waals surface area contributed by atoms with Crippen molar-refractivity contribution >= 4 is 5.91 Å². The van der Waals surface area contributed by atoms with Crippen molar-refractivity contribution in [1.82, 2.24) is 19.9 Å². The van der Waals surface area contributed by atoms with Gasteiger partial charge < -0.3 is 14.9 Å². The van der Waals surface area contributed by atoms with Crippen LogP contribution >= 0.6 is 0 Å². The number of carbonyl (C=O) groups is 1. The van der Waals surface area contributed by atoms with Crippen LogP contribution in [0, 0.1) is 11.3 Å². The van der Waals surface area contributed by atoms with E-state index in [9.17, 15) is 4.79 Å². The van der Waals surface area contributed by atoms with Gasteiger partial charge >= 0.3 is 0 Å². The smallest absolute Gasteiger partial charge is 0.268 e. The van der Waals surface area contributed by atoms with Crippen molar-refractivity contribution in [3.8, 4) is 6.07 Å². The third-order valence-corrected chi connectivity index (χ3v) is 2.77. The second kappa shape index (κ2) is 5.40. The normalized spacial score (nSPS) is 10.4. The molecule has 98 valence electrons. The van der Waals surface area contributed by atoms with E-state index in [0.717, 1.165) is 5.82 Å². The van der Waals surface area contributed by atoms with Crippen molar-refractivity contribution in [2.45, 2.75) is 26.4 Å². The number of H-pyrrole nitrogens is 1. The maximum atomic E-state index is 11.9. The number of carbonyl (C=O) groups excluding carboxylic acids is 1. The highest BCUT2D eigenvalue weighted by atomic mass is 16.1. The molecule has 0 aliphatic heterocycles. The van der Waals surface area contributed by atoms with Crippen LogP contribution in [0.2, 0.25) is 0 Å². The van der Waals surface area contributed by atoms with Crippen molar-refractivity contribution in [1.29, 1.82) is 5.26 Å². The molecule has 0 saturated heterocycles. The largest absolute Gasteiger partial charge is 0.356 e. The molecule has 6 heteroatoms. The highest BCUT2D eigenvalue weighted by molar-refractivity contribution is 5.92. The third-order valence-electron chi connectivity index (χ3n) is 2.77. The zero-order valence-corrected chi connectivity index (χ0v) is 10.8. The monoisotopic (exact) mass is 257 g/mol. The molecule has 6 nitrogen and oxygen atoms in total. The lowest BCUT2D eigenvalue weighted by Crippen LogP contribution is -2.25. The molecular formula is C13H15N5O. The molecule has 2 heterocycles. The molecule has 19 heavy (non-hydrogen) atoms. The fraction of sp³-hybridized carbons (Fsp3) is 0.308. The Kier molecular flexibility index (Phi) is 3.66. The lowest BCUT2D eigenvalue weighted by atomic mass is 10.3. The van der Waals surface area contributed by atoms with Gasteiger partial charge in [0.15, 0.2) is 0 Å². The van der Waals surface area contributed by atoms with E-state index in [4.69, 9.17) is 5.26 Å². The number of nitrogens with one attached hydrogen (secondary N) is 2. The van der Waals surface area contributed by atoms with Gasteiger partial charge in [0.1, 0.15) is 17.6 Å². The van der Waals surface area contributed by atoms with Crippen molar-refractivity contribution in [2.24, 2.45) is 0 Å². The summed E-state index contributed by atoms with van der Waals surface area (Å²) in [7, 11) is 0. The molecule has 1 amide bonds. The number of amides is 1. The molecule has 2 aromatic heterocycles. The molecule has 0 saturated carbocycles. The third kappa shape index (κ3) is 2.83. The van der Waals surface area contributed by atoms with E-state index in [-0.39, 0.29) is 5.91 Å². The summed E-state index contributed by atoms with van der Waals surface area (Å²) in [5.74, 6) is 0.551. The zero-order valence-electron chi connectivity index (χ0n) is 10.8. The van der Waals surface area contributed by atoms with Crippen molar-refractivity contribution in [3.05, 3.63) is 41.7 Å². The van der Waals surface area contributed by atoms with Gasteiger partial charge in [-0.2, -0.15) is 5.26 Å². The van der Waals surface area contributed by atoms with Crippen molar-refractivity contribution in [2.75, 3.05) is 0 Å². The Labute approximate surface area is 111 Å². The van der Waals surface area contributed by atoms with Gasteiger partial charge in [0.05, 0.1) is 12.1 Å². The highest BCUT2D eigenvalue weighted by Gasteiger charge is 2.11. The van der Waals surface area contributed by atoms with E-state index < -0.39 is 0 Å². The van der Waals surface area contributed by atoms with E-state index in [2.05, 4.69) is 29.1 Å². The number of rotatable bonds is 4. The van der Waals surface area contributed by atoms with Crippen molar-refractivity contribution in [3.63, 3.8) is 0 Å². The van der Waals surface area contributed by atoms with Crippen LogP contribution in [-0.4, -0.2) is 20.4 Å². The quantitative estimate of drug-likeness (QED) is 0.872. The summed E-state index contributed by atoms with van der Waals surface area (Å²) in [5, 5.41) is 11.5. The lowest BCUT2D eigenvalue weighted by molar-refractivity contribution is 0.0945. The molecule has 0 aliphatic rings. The fourth-order valence-corrected chi connectivity index (χ4v) is 1.80. The first-order chi connectivity index (χ1) is 9.11. The number of nitrogens with zero attached hydrogens (tertiary/aromatic N) is 3. The highest BCUT2D eigenvalue weighted by Crippen LogP contribution is 2.08. The molecule has 0 fully saturated rings. The van der Waals surface area contributed by atoms with Gasteiger partial charge in [0.2, 0.25) is 0 Å². The second-order valence-corrected chi connectivity index (χ2v) is 4.44. The number of aromatic amines is 1. The molecule has 2 aromatic rings. The summed E-state index contributed by atoms with van der Waals surface area (Å²) in [6.45, 7) is 4.46. The first kappa shape index (κ1) is 12.9. The van der Waals surface area contributed by atoms with E-state index in [1.165, 1.54) is 12.3 Å². The second-order valence-electron chi connectivity index (χ2n) is 4.44. The molecule has 0 aromatic carbocycles. The van der Waals surface area contributed by atoms with E-state index in [1.807, 2.05) is 16.8 Å². The van der Waals surface area contributed by atoms with Crippen LogP contribution in [0.3, 0.4) is 0 Å². The summed E-state index contributed by atoms with van der Waals surface area (Å²) in [6.07, 6.45) is 5.10. The predicted molar refractivity (Wildman–Crippen MR) is 69.3 cm³/mol. The van der Waals surface area contributed by atoms with Crippen LogP contribution in [0.5, 0.6) is 0 Å². The molecule has 0 atom stereocenters. The summed E-state index contributed by atoms with van der Waals surface area (Å²) < 4.78 is 2.00. The minimum atomic E-state index is -0.250. The molecule has 2 N–H and O–H groups in total. The van der Waals surface area contributed by atoms with Crippen LogP contribution in [0.4, 0.5) is 0 Å². The maximum absolute atomic E-state index is 11.9. The molecule has 0 radical (unpaired) electrons. The maximum Gasteiger partial charge on any atom is 0.268 e. The van der Waals surface area contributed by atoms with Crippen LogP contribution in [0.15, 0.2) is 24.7 Å². The first-order valence-corrected chi connectivity index (χ1v) is 6.00. The Morgan fingerprint density at radius 2 is 2.42 bits per heavy atom. The topological polar surface area (TPSA) is 86.5 Å². The number of hydrogen-bond donors (Lipinski definition) is 2. The van der Waals surface area contributed by atoms with Gasteiger partial charge in [-0.1, -0.05) is 0 Å². The van der Waals surface area contributed by atoms with E-state index in [1.54, 1.807) is 6.20 Å². The summed E-state index contributed by atoms with van der Waals surface area (Å²) >= 11 is 0. The minimum absolute atomic E-state index is 0.250. The standard InChI is InChI=1S/C13H15N5O/c1-9(2)18-4-3-15-12(18)8-17-13(19)11-5-10(6-14)7-16-11/h3-5,7,9,16H,8H2,1-2H3,(H,17,19). The number of aromatic nitrogens is 3. The van der Waals surface area contributed by atoms with E-state index >= 15 is 0 Å². The van der Waals surface area contributed by atoms with Gasteiger partial charge in [-0.05, 0) is 19.9 Å². The summed E-state index contributed by atoms with van der Waals surface area (Å²) in [4.78, 5) is 18.8. The fourth-order valence-electron chi connectivity index (χ4n) is 1.80. The van der Waals surface area contributed by atoms with Crippen LogP contribution in [-0.2, 0) is 6.54 Å². The van der Waals surface area contributed by atoms with Crippen molar-refractivity contribution < 1.29 is 4.79 Å². The van der Waals surface area contributed by atoms with Gasteiger partial charge in [-0.25, -0.2) is 4.98 Å². The minimum Gasteiger partial charge on any atom is -0.356 e. The Bertz CT molecular complexity index is 617. The average Bonchev–Trinajstić information content (AvgIpc) is 3.04. The Balaban J connectivity index is 2.00. The molecule has 0 spiro atoms. The van der Waals surface area contributed by atoms with Gasteiger partial charge in [-0.15, -0.1) is 0 Å². The van der Waals surface area contributed by atoms with Gasteiger partial charge in [0.25, 0.3) is 5.91 Å². The molecule has 0 unspecified atom stereocenters. The summed E-state index contributed by atoms with van der Waals surface area (Å²) in [6, 6.07) is 3.78. The molecular weight excluding hydrogens is 242 g/mol. The Morgan fingerprint density at radius 1 is 1.63 bits per heavy atom. The first-order valence-electron chi connectivity index (χ1n) is 6.00. The Morgan fingerprint density at radius 3 is 3.05 bits per heavy atom. The predicted octanol–water partition coefficient (Wildman–Crippen LogP) is 1.59. The molecule has 0 bridgehead atoms. The van der Waals surface area contributed by atoms with Crippen LogP contribution < -0.4 is 5.32 Å². The van der Waals surface area contributed by atoms with Crippen LogP contribution in [0.25, 0.3) is 0 Å². The van der Waals surface area contributed by atoms with Gasteiger partial charge in [-0.3, -0.25) is 4.79 Å². The number of imidazole rings is 1. The van der Waals surface area contributed by atoms with E-state index in [0.29, 0.717) is 23.8 Å². The molecule has 2 rings (SSSR count). The average molecular weight is 257 g/mol. The zero-order chi connectivity index (χ0) is 13.8. The molecule has 0 aliphatic carbocycles. The number of hydrogen-bond acceptors (Lipinski definition) is 3. The Hall–Kier alpha value is -2.55. The summed E-state index contributed by atoms with van der Waals surface area (Å²) in [5.41, 5.74) is 0.813.